The number of benzene rings is 1. The van der Waals surface area contributed by atoms with Gasteiger partial charge in [0, 0.05) is 6.04 Å². The second-order valence-electron chi connectivity index (χ2n) is 5.80. The molecule has 0 spiro atoms. The van der Waals surface area contributed by atoms with Crippen molar-refractivity contribution >= 4 is 0 Å². The molecule has 3 heteroatoms. The number of hydrogen-bond donors (Lipinski definition) is 2. The minimum Gasteiger partial charge on any atom is -0.372 e. The summed E-state index contributed by atoms with van der Waals surface area (Å²) in [5, 5.41) is 0. The summed E-state index contributed by atoms with van der Waals surface area (Å²) in [5.41, 5.74) is 6.92. The van der Waals surface area contributed by atoms with E-state index in [2.05, 4.69) is 30.5 Å². The summed E-state index contributed by atoms with van der Waals surface area (Å²) in [4.78, 5) is 0. The van der Waals surface area contributed by atoms with Crippen LogP contribution in [0.1, 0.15) is 74.6 Å². The van der Waals surface area contributed by atoms with Crippen molar-refractivity contribution < 1.29 is 4.74 Å². The molecule has 20 heavy (non-hydrogen) atoms. The SMILES string of the molecule is CCCCCCCCC(NN)c1ccc2c(c1)COC2. The molecule has 0 aliphatic carbocycles. The van der Waals surface area contributed by atoms with E-state index in [0.717, 1.165) is 19.6 Å². The van der Waals surface area contributed by atoms with Gasteiger partial charge in [0.2, 0.25) is 0 Å². The van der Waals surface area contributed by atoms with Crippen LogP contribution >= 0.6 is 0 Å². The number of rotatable bonds is 9. The van der Waals surface area contributed by atoms with Crippen LogP contribution in [0.25, 0.3) is 0 Å². The van der Waals surface area contributed by atoms with Crippen LogP contribution in [-0.4, -0.2) is 0 Å². The largest absolute Gasteiger partial charge is 0.372 e. The van der Waals surface area contributed by atoms with E-state index in [1.165, 1.54) is 55.2 Å². The summed E-state index contributed by atoms with van der Waals surface area (Å²) >= 11 is 0. The lowest BCUT2D eigenvalue weighted by atomic mass is 9.97. The Bertz CT molecular complexity index is 406. The molecule has 1 aromatic carbocycles. The van der Waals surface area contributed by atoms with Gasteiger partial charge >= 0.3 is 0 Å². The lowest BCUT2D eigenvalue weighted by molar-refractivity contribution is 0.134. The molecule has 0 aromatic heterocycles. The smallest absolute Gasteiger partial charge is 0.0725 e. The molecule has 0 amide bonds. The van der Waals surface area contributed by atoms with Gasteiger partial charge in [-0.05, 0) is 23.1 Å². The van der Waals surface area contributed by atoms with Crippen molar-refractivity contribution in [2.24, 2.45) is 5.84 Å². The van der Waals surface area contributed by atoms with Gasteiger partial charge in [-0.25, -0.2) is 0 Å². The average molecular weight is 276 g/mol. The Labute approximate surface area is 122 Å². The average Bonchev–Trinajstić information content (AvgIpc) is 2.94. The Hall–Kier alpha value is -0.900. The molecule has 1 aliphatic heterocycles. The van der Waals surface area contributed by atoms with Gasteiger partial charge in [-0.15, -0.1) is 0 Å². The van der Waals surface area contributed by atoms with Crippen molar-refractivity contribution in [1.82, 2.24) is 5.43 Å². The highest BCUT2D eigenvalue weighted by Gasteiger charge is 2.15. The zero-order valence-electron chi connectivity index (χ0n) is 12.7. The van der Waals surface area contributed by atoms with Gasteiger partial charge in [0.25, 0.3) is 0 Å². The number of unbranched alkanes of at least 4 members (excludes halogenated alkanes) is 5. The molecular weight excluding hydrogens is 248 g/mol. The van der Waals surface area contributed by atoms with Gasteiger partial charge in [0.1, 0.15) is 0 Å². The van der Waals surface area contributed by atoms with E-state index < -0.39 is 0 Å². The van der Waals surface area contributed by atoms with E-state index in [9.17, 15) is 0 Å². The molecule has 2 rings (SSSR count). The highest BCUT2D eigenvalue weighted by Crippen LogP contribution is 2.26. The lowest BCUT2D eigenvalue weighted by Gasteiger charge is -2.17. The van der Waals surface area contributed by atoms with Crippen LogP contribution in [0.15, 0.2) is 18.2 Å². The maximum Gasteiger partial charge on any atom is 0.0725 e. The van der Waals surface area contributed by atoms with Gasteiger partial charge in [-0.2, -0.15) is 0 Å². The number of ether oxygens (including phenoxy) is 1. The Morgan fingerprint density at radius 1 is 1.10 bits per heavy atom. The van der Waals surface area contributed by atoms with Gasteiger partial charge < -0.3 is 4.74 Å². The summed E-state index contributed by atoms with van der Waals surface area (Å²) in [5.74, 6) is 5.73. The normalized spacial score (nSPS) is 15.3. The van der Waals surface area contributed by atoms with Gasteiger partial charge in [0.05, 0.1) is 13.2 Å². The second kappa shape index (κ2) is 8.40. The van der Waals surface area contributed by atoms with Gasteiger partial charge in [-0.1, -0.05) is 63.6 Å². The lowest BCUT2D eigenvalue weighted by Crippen LogP contribution is -2.28. The topological polar surface area (TPSA) is 47.3 Å². The van der Waals surface area contributed by atoms with Crippen molar-refractivity contribution in [2.75, 3.05) is 0 Å². The zero-order chi connectivity index (χ0) is 14.2. The predicted octanol–water partition coefficient (Wildman–Crippen LogP) is 3.97. The summed E-state index contributed by atoms with van der Waals surface area (Å²) in [6, 6.07) is 6.90. The summed E-state index contributed by atoms with van der Waals surface area (Å²) in [7, 11) is 0. The van der Waals surface area contributed by atoms with Crippen LogP contribution in [0.3, 0.4) is 0 Å². The van der Waals surface area contributed by atoms with E-state index in [-0.39, 0.29) is 6.04 Å². The number of nitrogens with two attached hydrogens (primary N) is 1. The van der Waals surface area contributed by atoms with E-state index in [1.807, 2.05) is 0 Å². The van der Waals surface area contributed by atoms with Crippen LogP contribution in [0.5, 0.6) is 0 Å². The van der Waals surface area contributed by atoms with Crippen LogP contribution in [-0.2, 0) is 18.0 Å². The quantitative estimate of drug-likeness (QED) is 0.407. The first-order valence-corrected chi connectivity index (χ1v) is 8.00. The molecule has 1 heterocycles. The fourth-order valence-electron chi connectivity index (χ4n) is 2.88. The van der Waals surface area contributed by atoms with Crippen LogP contribution in [0.4, 0.5) is 0 Å². The fourth-order valence-corrected chi connectivity index (χ4v) is 2.88. The maximum atomic E-state index is 5.73. The van der Waals surface area contributed by atoms with E-state index in [1.54, 1.807) is 0 Å². The van der Waals surface area contributed by atoms with Crippen molar-refractivity contribution in [3.05, 3.63) is 34.9 Å². The third-order valence-corrected chi connectivity index (χ3v) is 4.20. The second-order valence-corrected chi connectivity index (χ2v) is 5.80. The standard InChI is InChI=1S/C17H28N2O/c1-2-3-4-5-6-7-8-17(19-18)14-9-10-15-12-20-13-16(15)11-14/h9-11,17,19H,2-8,12-13,18H2,1H3. The molecule has 0 saturated carbocycles. The molecule has 0 radical (unpaired) electrons. The molecular formula is C17H28N2O. The zero-order valence-corrected chi connectivity index (χ0v) is 12.7. The Morgan fingerprint density at radius 3 is 2.65 bits per heavy atom. The van der Waals surface area contributed by atoms with E-state index >= 15 is 0 Å². The summed E-state index contributed by atoms with van der Waals surface area (Å²) in [6.07, 6.45) is 9.06. The van der Waals surface area contributed by atoms with Crippen LogP contribution in [0, 0.1) is 0 Å². The number of hydrogen-bond acceptors (Lipinski definition) is 3. The van der Waals surface area contributed by atoms with Crippen molar-refractivity contribution in [1.29, 1.82) is 0 Å². The molecule has 112 valence electrons. The van der Waals surface area contributed by atoms with Crippen molar-refractivity contribution in [3.63, 3.8) is 0 Å². The highest BCUT2D eigenvalue weighted by atomic mass is 16.5. The number of fused-ring (bicyclic) bond motifs is 1. The molecule has 1 aromatic rings. The Morgan fingerprint density at radius 2 is 1.85 bits per heavy atom. The maximum absolute atomic E-state index is 5.73. The molecule has 1 aliphatic rings. The molecule has 0 bridgehead atoms. The van der Waals surface area contributed by atoms with E-state index in [0.29, 0.717) is 0 Å². The van der Waals surface area contributed by atoms with Crippen molar-refractivity contribution in [3.8, 4) is 0 Å². The highest BCUT2D eigenvalue weighted by molar-refractivity contribution is 5.34. The summed E-state index contributed by atoms with van der Waals surface area (Å²) < 4.78 is 5.47. The van der Waals surface area contributed by atoms with E-state index in [4.69, 9.17) is 10.6 Å². The van der Waals surface area contributed by atoms with Crippen LogP contribution in [0.2, 0.25) is 0 Å². The fraction of sp³-hybridized carbons (Fsp3) is 0.647. The third-order valence-electron chi connectivity index (χ3n) is 4.20. The molecule has 0 saturated heterocycles. The first-order valence-electron chi connectivity index (χ1n) is 8.00. The Kier molecular flexibility index (Phi) is 6.51. The Balaban J connectivity index is 1.79. The molecule has 3 nitrogen and oxygen atoms in total. The molecule has 1 unspecified atom stereocenters. The summed E-state index contributed by atoms with van der Waals surface area (Å²) in [6.45, 7) is 3.76. The minimum absolute atomic E-state index is 0.270. The molecule has 3 N–H and O–H groups in total. The van der Waals surface area contributed by atoms with Gasteiger partial charge in [0.15, 0.2) is 0 Å². The first kappa shape index (κ1) is 15.5. The minimum atomic E-state index is 0.270. The van der Waals surface area contributed by atoms with Gasteiger partial charge in [-0.3, -0.25) is 11.3 Å². The predicted molar refractivity (Wildman–Crippen MR) is 83.0 cm³/mol. The van der Waals surface area contributed by atoms with Crippen molar-refractivity contribution in [2.45, 2.75) is 71.1 Å². The van der Waals surface area contributed by atoms with Crippen LogP contribution < -0.4 is 11.3 Å². The number of nitrogens with one attached hydrogen (secondary N) is 1. The molecule has 1 atom stereocenters. The third kappa shape index (κ3) is 4.30. The molecule has 0 fully saturated rings. The number of hydrazine groups is 1. The first-order chi connectivity index (χ1) is 9.85. The monoisotopic (exact) mass is 276 g/mol.